The van der Waals surface area contributed by atoms with Crippen LogP contribution < -0.4 is 4.90 Å². The molecule has 0 unspecified atom stereocenters. The number of rotatable bonds is 2. The van der Waals surface area contributed by atoms with E-state index in [2.05, 4.69) is 0 Å². The van der Waals surface area contributed by atoms with Gasteiger partial charge in [-0.25, -0.2) is 9.69 Å². The molecule has 1 saturated heterocycles. The van der Waals surface area contributed by atoms with Gasteiger partial charge in [-0.3, -0.25) is 5.41 Å². The smallest absolute Gasteiger partial charge is 0.314 e. The predicted molar refractivity (Wildman–Crippen MR) is 73.9 cm³/mol. The monoisotopic (exact) mass is 285 g/mol. The molecule has 6 heteroatoms. The van der Waals surface area contributed by atoms with E-state index in [9.17, 15) is 4.79 Å². The third-order valence-corrected chi connectivity index (χ3v) is 3.19. The van der Waals surface area contributed by atoms with Crippen LogP contribution in [0, 0.1) is 5.41 Å². The van der Waals surface area contributed by atoms with Crippen LogP contribution in [0.1, 0.15) is 13.8 Å². The summed E-state index contributed by atoms with van der Waals surface area (Å²) in [6, 6.07) is 4.69. The molecule has 18 heavy (non-hydrogen) atoms. The molecule has 2 rings (SSSR count). The van der Waals surface area contributed by atoms with E-state index in [1.807, 2.05) is 13.8 Å². The summed E-state index contributed by atoms with van der Waals surface area (Å²) in [6.45, 7) is 4.14. The highest BCUT2D eigenvalue weighted by Crippen LogP contribution is 2.29. The molecule has 0 atom stereocenters. The van der Waals surface area contributed by atoms with Gasteiger partial charge in [-0.1, -0.05) is 23.2 Å². The molecule has 1 aliphatic heterocycles. The van der Waals surface area contributed by atoms with Crippen molar-refractivity contribution >= 4 is 40.8 Å². The second-order valence-electron chi connectivity index (χ2n) is 4.41. The zero-order chi connectivity index (χ0) is 13.4. The van der Waals surface area contributed by atoms with Crippen LogP contribution in [0.15, 0.2) is 18.2 Å². The molecule has 1 aromatic carbocycles. The lowest BCUT2D eigenvalue weighted by Gasteiger charge is -2.21. The van der Waals surface area contributed by atoms with Gasteiger partial charge in [-0.2, -0.15) is 0 Å². The van der Waals surface area contributed by atoms with Crippen LogP contribution in [0.4, 0.5) is 10.5 Å². The highest BCUT2D eigenvalue weighted by Gasteiger charge is 2.35. The zero-order valence-electron chi connectivity index (χ0n) is 10.1. The fraction of sp³-hybridized carbons (Fsp3) is 0.333. The topological polar surface area (TPSA) is 47.4 Å². The summed E-state index contributed by atoms with van der Waals surface area (Å²) >= 11 is 11.8. The molecule has 96 valence electrons. The van der Waals surface area contributed by atoms with E-state index in [0.717, 1.165) is 0 Å². The van der Waals surface area contributed by atoms with Gasteiger partial charge in [-0.05, 0) is 32.0 Å². The Morgan fingerprint density at radius 3 is 2.22 bits per heavy atom. The van der Waals surface area contributed by atoms with Crippen LogP contribution >= 0.6 is 23.2 Å². The van der Waals surface area contributed by atoms with Gasteiger partial charge in [0.15, 0.2) is 0 Å². The first kappa shape index (κ1) is 13.2. The van der Waals surface area contributed by atoms with Crippen LogP contribution in [0.2, 0.25) is 10.0 Å². The quantitative estimate of drug-likeness (QED) is 0.886. The molecule has 1 N–H and O–H groups in total. The summed E-state index contributed by atoms with van der Waals surface area (Å²) in [5, 5.41) is 8.81. The summed E-state index contributed by atoms with van der Waals surface area (Å²) in [6.07, 6.45) is 0. The summed E-state index contributed by atoms with van der Waals surface area (Å²) in [5.74, 6) is 0.229. The normalized spacial score (nSPS) is 16.1. The molecule has 0 aromatic heterocycles. The minimum atomic E-state index is -0.215. The van der Waals surface area contributed by atoms with Crippen molar-refractivity contribution in [1.29, 1.82) is 5.41 Å². The molecule has 4 nitrogen and oxygen atoms in total. The second-order valence-corrected chi connectivity index (χ2v) is 5.29. The van der Waals surface area contributed by atoms with Gasteiger partial charge in [0.2, 0.25) is 0 Å². The molecule has 1 aliphatic rings. The Labute approximate surface area is 116 Å². The van der Waals surface area contributed by atoms with Crippen molar-refractivity contribution in [3.05, 3.63) is 28.2 Å². The first-order valence-corrected chi connectivity index (χ1v) is 6.30. The fourth-order valence-electron chi connectivity index (χ4n) is 1.88. The van der Waals surface area contributed by atoms with Gasteiger partial charge in [0, 0.05) is 16.1 Å². The van der Waals surface area contributed by atoms with Gasteiger partial charge >= 0.3 is 6.03 Å². The van der Waals surface area contributed by atoms with Gasteiger partial charge in [0.25, 0.3) is 0 Å². The number of nitrogens with one attached hydrogen (secondary N) is 1. The number of amides is 2. The largest absolute Gasteiger partial charge is 0.330 e. The molecule has 1 heterocycles. The van der Waals surface area contributed by atoms with E-state index in [1.165, 1.54) is 4.90 Å². The van der Waals surface area contributed by atoms with Crippen LogP contribution in [-0.4, -0.2) is 29.4 Å². The van der Waals surface area contributed by atoms with E-state index >= 15 is 0 Å². The van der Waals surface area contributed by atoms with Crippen molar-refractivity contribution in [1.82, 2.24) is 4.90 Å². The maximum absolute atomic E-state index is 12.2. The van der Waals surface area contributed by atoms with Crippen molar-refractivity contribution in [3.63, 3.8) is 0 Å². The van der Waals surface area contributed by atoms with Crippen LogP contribution in [0.25, 0.3) is 0 Å². The predicted octanol–water partition coefficient (Wildman–Crippen LogP) is 3.62. The summed E-state index contributed by atoms with van der Waals surface area (Å²) in [5.41, 5.74) is 0.533. The molecular formula is C12H13Cl2N3O. The number of halogens is 2. The minimum Gasteiger partial charge on any atom is -0.314 e. The summed E-state index contributed by atoms with van der Waals surface area (Å²) in [7, 11) is 0. The van der Waals surface area contributed by atoms with E-state index in [-0.39, 0.29) is 17.9 Å². The Morgan fingerprint density at radius 2 is 1.78 bits per heavy atom. The van der Waals surface area contributed by atoms with Crippen LogP contribution in [0.5, 0.6) is 0 Å². The molecule has 0 spiro atoms. The third kappa shape index (κ3) is 2.31. The average Bonchev–Trinajstić information content (AvgIpc) is 2.52. The van der Waals surface area contributed by atoms with E-state index in [1.54, 1.807) is 23.1 Å². The number of urea groups is 1. The standard InChI is InChI=1S/C12H13Cl2N3O/c1-7(2)16-6-11(15)17(12(16)18)10-4-8(13)3-9(14)5-10/h3-5,7,15H,6H2,1-2H3. The Bertz CT molecular complexity index is 496. The number of anilines is 1. The lowest BCUT2D eigenvalue weighted by atomic mass is 10.3. The Kier molecular flexibility index (Phi) is 3.50. The van der Waals surface area contributed by atoms with Crippen molar-refractivity contribution in [2.45, 2.75) is 19.9 Å². The molecule has 0 bridgehead atoms. The first-order chi connectivity index (χ1) is 8.40. The van der Waals surface area contributed by atoms with Crippen LogP contribution in [0.3, 0.4) is 0 Å². The maximum Gasteiger partial charge on any atom is 0.330 e. The zero-order valence-corrected chi connectivity index (χ0v) is 11.6. The highest BCUT2D eigenvalue weighted by atomic mass is 35.5. The molecule has 0 aliphatic carbocycles. The Morgan fingerprint density at radius 1 is 1.22 bits per heavy atom. The number of carbonyl (C=O) groups excluding carboxylic acids is 1. The molecule has 1 fully saturated rings. The third-order valence-electron chi connectivity index (χ3n) is 2.76. The van der Waals surface area contributed by atoms with Gasteiger partial charge in [-0.15, -0.1) is 0 Å². The number of carbonyl (C=O) groups is 1. The van der Waals surface area contributed by atoms with Gasteiger partial charge in [0.05, 0.1) is 12.2 Å². The molecule has 0 saturated carbocycles. The molecular weight excluding hydrogens is 273 g/mol. The first-order valence-electron chi connectivity index (χ1n) is 5.54. The second kappa shape index (κ2) is 4.78. The van der Waals surface area contributed by atoms with E-state index in [0.29, 0.717) is 22.3 Å². The number of amidine groups is 1. The highest BCUT2D eigenvalue weighted by molar-refractivity contribution is 6.35. The van der Waals surface area contributed by atoms with Crippen molar-refractivity contribution in [2.24, 2.45) is 0 Å². The summed E-state index contributed by atoms with van der Waals surface area (Å²) < 4.78 is 0. The SMILES string of the molecule is CC(C)N1CC(=N)N(c2cc(Cl)cc(Cl)c2)C1=O. The lowest BCUT2D eigenvalue weighted by Crippen LogP contribution is -2.36. The minimum absolute atomic E-state index is 0.0532. The number of benzene rings is 1. The molecule has 2 amide bonds. The van der Waals surface area contributed by atoms with Crippen molar-refractivity contribution < 1.29 is 4.79 Å². The lowest BCUT2D eigenvalue weighted by molar-refractivity contribution is 0.209. The summed E-state index contributed by atoms with van der Waals surface area (Å²) in [4.78, 5) is 15.2. The van der Waals surface area contributed by atoms with Gasteiger partial charge in [0.1, 0.15) is 5.84 Å². The van der Waals surface area contributed by atoms with E-state index < -0.39 is 0 Å². The number of hydrogen-bond acceptors (Lipinski definition) is 2. The number of nitrogens with zero attached hydrogens (tertiary/aromatic N) is 2. The average molecular weight is 286 g/mol. The maximum atomic E-state index is 12.2. The van der Waals surface area contributed by atoms with Crippen molar-refractivity contribution in [2.75, 3.05) is 11.4 Å². The number of hydrogen-bond donors (Lipinski definition) is 1. The van der Waals surface area contributed by atoms with E-state index in [4.69, 9.17) is 28.6 Å². The Balaban J connectivity index is 2.39. The molecule has 1 aromatic rings. The van der Waals surface area contributed by atoms with Gasteiger partial charge < -0.3 is 4.90 Å². The Hall–Kier alpha value is -1.26. The molecule has 0 radical (unpaired) electrons. The van der Waals surface area contributed by atoms with Crippen molar-refractivity contribution in [3.8, 4) is 0 Å². The van der Waals surface area contributed by atoms with Crippen LogP contribution in [-0.2, 0) is 0 Å². The fourth-order valence-corrected chi connectivity index (χ4v) is 2.40.